The summed E-state index contributed by atoms with van der Waals surface area (Å²) in [6, 6.07) is 3.58. The van der Waals surface area contributed by atoms with Gasteiger partial charge in [-0.1, -0.05) is 5.16 Å². The first-order chi connectivity index (χ1) is 12.0. The van der Waals surface area contributed by atoms with Gasteiger partial charge in [0.05, 0.1) is 29.3 Å². The second-order valence-electron chi connectivity index (χ2n) is 6.46. The number of nitrogens with one attached hydrogen (secondary N) is 1. The number of aromatic nitrogens is 4. The molecule has 4 heterocycles. The number of pyridine rings is 1. The number of carbonyl (C=O) groups is 1. The van der Waals surface area contributed by atoms with Gasteiger partial charge in [-0.15, -0.1) is 0 Å². The van der Waals surface area contributed by atoms with E-state index in [2.05, 4.69) is 20.6 Å². The molecule has 0 aliphatic carbocycles. The topological polar surface area (TPSA) is 89.1 Å². The minimum Gasteiger partial charge on any atom is -0.359 e. The highest BCUT2D eigenvalue weighted by molar-refractivity contribution is 5.92. The van der Waals surface area contributed by atoms with Crippen LogP contribution in [-0.2, 0) is 7.05 Å². The van der Waals surface area contributed by atoms with Crippen LogP contribution in [0.2, 0.25) is 0 Å². The standard InChI is InChI=1S/C17H20N6O2/c1-10-7-15(25-21-10)14-5-4-6-23(14)17(24)19-12-8-13-11(2)20-22(3)16(13)18-9-12/h7-9,14H,4-6H2,1-3H3,(H,19,24). The van der Waals surface area contributed by atoms with Gasteiger partial charge in [0, 0.05) is 25.0 Å². The molecule has 1 saturated heterocycles. The Bertz CT molecular complexity index is 944. The Balaban J connectivity index is 1.56. The molecule has 3 aromatic rings. The van der Waals surface area contributed by atoms with Gasteiger partial charge in [0.2, 0.25) is 0 Å². The highest BCUT2D eigenvalue weighted by atomic mass is 16.5. The molecular weight excluding hydrogens is 320 g/mol. The van der Waals surface area contributed by atoms with Crippen molar-refractivity contribution in [2.75, 3.05) is 11.9 Å². The van der Waals surface area contributed by atoms with Crippen LogP contribution >= 0.6 is 0 Å². The maximum atomic E-state index is 12.7. The normalized spacial score (nSPS) is 17.4. The molecular formula is C17H20N6O2. The van der Waals surface area contributed by atoms with E-state index in [4.69, 9.17) is 4.52 Å². The van der Waals surface area contributed by atoms with Crippen molar-refractivity contribution in [2.24, 2.45) is 7.05 Å². The van der Waals surface area contributed by atoms with E-state index in [1.165, 1.54) is 0 Å². The highest BCUT2D eigenvalue weighted by Gasteiger charge is 2.32. The second kappa shape index (κ2) is 5.87. The molecule has 2 amide bonds. The fourth-order valence-corrected chi connectivity index (χ4v) is 3.42. The number of fused-ring (bicyclic) bond motifs is 1. The third-order valence-corrected chi connectivity index (χ3v) is 4.60. The first kappa shape index (κ1) is 15.6. The zero-order valence-corrected chi connectivity index (χ0v) is 14.5. The lowest BCUT2D eigenvalue weighted by atomic mass is 10.1. The van der Waals surface area contributed by atoms with Crippen LogP contribution < -0.4 is 5.32 Å². The molecule has 8 nitrogen and oxygen atoms in total. The fraction of sp³-hybridized carbons (Fsp3) is 0.412. The summed E-state index contributed by atoms with van der Waals surface area (Å²) in [5, 5.41) is 12.2. The summed E-state index contributed by atoms with van der Waals surface area (Å²) >= 11 is 0. The van der Waals surface area contributed by atoms with E-state index in [1.807, 2.05) is 33.0 Å². The molecule has 0 saturated carbocycles. The summed E-state index contributed by atoms with van der Waals surface area (Å²) < 4.78 is 7.10. The van der Waals surface area contributed by atoms with E-state index < -0.39 is 0 Å². The van der Waals surface area contributed by atoms with E-state index in [-0.39, 0.29) is 12.1 Å². The third kappa shape index (κ3) is 2.73. The lowest BCUT2D eigenvalue weighted by molar-refractivity contribution is 0.195. The molecule has 1 fully saturated rings. The average Bonchev–Trinajstić information content (AvgIpc) is 3.28. The maximum Gasteiger partial charge on any atom is 0.322 e. The molecule has 0 aromatic carbocycles. The molecule has 3 aromatic heterocycles. The van der Waals surface area contributed by atoms with E-state index in [0.29, 0.717) is 12.2 Å². The molecule has 8 heteroatoms. The van der Waals surface area contributed by atoms with Crippen molar-refractivity contribution in [2.45, 2.75) is 32.7 Å². The monoisotopic (exact) mass is 340 g/mol. The number of hydrogen-bond donors (Lipinski definition) is 1. The maximum absolute atomic E-state index is 12.7. The Hall–Kier alpha value is -2.90. The number of nitrogens with zero attached hydrogens (tertiary/aromatic N) is 5. The number of rotatable bonds is 2. The molecule has 1 aliphatic rings. The van der Waals surface area contributed by atoms with Gasteiger partial charge in [0.15, 0.2) is 11.4 Å². The third-order valence-electron chi connectivity index (χ3n) is 4.60. The van der Waals surface area contributed by atoms with Gasteiger partial charge in [-0.2, -0.15) is 5.10 Å². The Morgan fingerprint density at radius 2 is 2.20 bits per heavy atom. The number of anilines is 1. The molecule has 0 bridgehead atoms. The summed E-state index contributed by atoms with van der Waals surface area (Å²) in [5.41, 5.74) is 3.17. The van der Waals surface area contributed by atoms with Crippen molar-refractivity contribution in [1.82, 2.24) is 24.8 Å². The predicted octanol–water partition coefficient (Wildman–Crippen LogP) is 2.94. The molecule has 0 radical (unpaired) electrons. The minimum atomic E-state index is -0.153. The summed E-state index contributed by atoms with van der Waals surface area (Å²) in [6.45, 7) is 4.50. The van der Waals surface area contributed by atoms with Gasteiger partial charge in [0.1, 0.15) is 0 Å². The first-order valence-electron chi connectivity index (χ1n) is 8.33. The number of carbonyl (C=O) groups excluding carboxylic acids is 1. The Labute approximate surface area is 144 Å². The van der Waals surface area contributed by atoms with E-state index in [0.717, 1.165) is 41.0 Å². The van der Waals surface area contributed by atoms with Crippen LogP contribution in [0.4, 0.5) is 10.5 Å². The lowest BCUT2D eigenvalue weighted by Crippen LogP contribution is -2.34. The quantitative estimate of drug-likeness (QED) is 0.775. The zero-order valence-electron chi connectivity index (χ0n) is 14.5. The summed E-state index contributed by atoms with van der Waals surface area (Å²) in [4.78, 5) is 18.9. The van der Waals surface area contributed by atoms with Gasteiger partial charge in [-0.25, -0.2) is 9.78 Å². The van der Waals surface area contributed by atoms with E-state index in [9.17, 15) is 4.79 Å². The molecule has 1 N–H and O–H groups in total. The fourth-order valence-electron chi connectivity index (χ4n) is 3.42. The van der Waals surface area contributed by atoms with Crippen molar-refractivity contribution in [3.63, 3.8) is 0 Å². The molecule has 1 atom stereocenters. The smallest absolute Gasteiger partial charge is 0.322 e. The number of amides is 2. The van der Waals surface area contributed by atoms with Crippen molar-refractivity contribution in [3.8, 4) is 0 Å². The largest absolute Gasteiger partial charge is 0.359 e. The van der Waals surface area contributed by atoms with Gasteiger partial charge >= 0.3 is 6.03 Å². The first-order valence-corrected chi connectivity index (χ1v) is 8.33. The SMILES string of the molecule is Cc1cc(C2CCCN2C(=O)Nc2cnc3c(c2)c(C)nn3C)on1. The zero-order chi connectivity index (χ0) is 17.6. The second-order valence-corrected chi connectivity index (χ2v) is 6.46. The van der Waals surface area contributed by atoms with Crippen LogP contribution in [0.15, 0.2) is 22.9 Å². The van der Waals surface area contributed by atoms with E-state index in [1.54, 1.807) is 15.8 Å². The molecule has 25 heavy (non-hydrogen) atoms. The number of likely N-dealkylation sites (tertiary alicyclic amines) is 1. The van der Waals surface area contributed by atoms with Crippen LogP contribution in [0, 0.1) is 13.8 Å². The van der Waals surface area contributed by atoms with Crippen LogP contribution in [0.5, 0.6) is 0 Å². The molecule has 0 spiro atoms. The lowest BCUT2D eigenvalue weighted by Gasteiger charge is -2.23. The van der Waals surface area contributed by atoms with E-state index >= 15 is 0 Å². The van der Waals surface area contributed by atoms with Crippen LogP contribution in [0.25, 0.3) is 11.0 Å². The van der Waals surface area contributed by atoms with Crippen LogP contribution in [0.3, 0.4) is 0 Å². The van der Waals surface area contributed by atoms with Crippen molar-refractivity contribution >= 4 is 22.8 Å². The van der Waals surface area contributed by atoms with Crippen molar-refractivity contribution < 1.29 is 9.32 Å². The predicted molar refractivity (Wildman–Crippen MR) is 92.2 cm³/mol. The van der Waals surface area contributed by atoms with Gasteiger partial charge < -0.3 is 14.7 Å². The van der Waals surface area contributed by atoms with Crippen molar-refractivity contribution in [3.05, 3.63) is 35.5 Å². The summed E-state index contributed by atoms with van der Waals surface area (Å²) in [5.74, 6) is 0.738. The number of hydrogen-bond acceptors (Lipinski definition) is 5. The number of aryl methyl sites for hydroxylation is 3. The molecule has 4 rings (SSSR count). The Morgan fingerprint density at radius 3 is 2.96 bits per heavy atom. The van der Waals surface area contributed by atoms with Gasteiger partial charge in [-0.3, -0.25) is 4.68 Å². The highest BCUT2D eigenvalue weighted by Crippen LogP contribution is 2.32. The number of urea groups is 1. The Kier molecular flexibility index (Phi) is 3.67. The average molecular weight is 340 g/mol. The molecule has 1 unspecified atom stereocenters. The Morgan fingerprint density at radius 1 is 1.36 bits per heavy atom. The van der Waals surface area contributed by atoms with Gasteiger partial charge in [-0.05, 0) is 32.8 Å². The van der Waals surface area contributed by atoms with Gasteiger partial charge in [0.25, 0.3) is 0 Å². The van der Waals surface area contributed by atoms with Crippen molar-refractivity contribution in [1.29, 1.82) is 0 Å². The van der Waals surface area contributed by atoms with Crippen LogP contribution in [-0.4, -0.2) is 37.4 Å². The molecule has 1 aliphatic heterocycles. The van der Waals surface area contributed by atoms with Crippen LogP contribution in [0.1, 0.15) is 36.0 Å². The summed E-state index contributed by atoms with van der Waals surface area (Å²) in [6.07, 6.45) is 3.48. The molecule has 130 valence electrons. The summed E-state index contributed by atoms with van der Waals surface area (Å²) in [7, 11) is 1.86. The minimum absolute atomic E-state index is 0.0713.